The minimum atomic E-state index is -0.934. The van der Waals surface area contributed by atoms with Gasteiger partial charge in [0.2, 0.25) is 5.28 Å². The first-order valence-corrected chi connectivity index (χ1v) is 7.15. The van der Waals surface area contributed by atoms with E-state index in [0.29, 0.717) is 35.5 Å². The van der Waals surface area contributed by atoms with Crippen molar-refractivity contribution in [3.05, 3.63) is 17.0 Å². The van der Waals surface area contributed by atoms with Gasteiger partial charge < -0.3 is 20.3 Å². The SMILES string of the molecule is N#Cc1c[nH]c2nc(Cl)nc(NC3CCCN(C(=O)O)C3)c12. The largest absolute Gasteiger partial charge is 0.465 e. The highest BCUT2D eigenvalue weighted by atomic mass is 35.5. The van der Waals surface area contributed by atoms with Gasteiger partial charge in [-0.3, -0.25) is 0 Å². The topological polar surface area (TPSA) is 118 Å². The molecule has 3 N–H and O–H groups in total. The second kappa shape index (κ2) is 5.69. The number of amides is 1. The lowest BCUT2D eigenvalue weighted by Crippen LogP contribution is -2.44. The van der Waals surface area contributed by atoms with Crippen molar-refractivity contribution in [2.75, 3.05) is 18.4 Å². The van der Waals surface area contributed by atoms with Crippen molar-refractivity contribution >= 4 is 34.5 Å². The van der Waals surface area contributed by atoms with Gasteiger partial charge in [0.15, 0.2) is 0 Å². The Morgan fingerprint density at radius 1 is 1.59 bits per heavy atom. The number of carboxylic acid groups (broad SMARTS) is 1. The first-order valence-electron chi connectivity index (χ1n) is 6.77. The predicted molar refractivity (Wildman–Crippen MR) is 79.9 cm³/mol. The molecule has 1 fully saturated rings. The molecule has 1 aliphatic rings. The number of nitrogens with zero attached hydrogens (tertiary/aromatic N) is 4. The molecule has 114 valence electrons. The molecular formula is C13H13ClN6O2. The van der Waals surface area contributed by atoms with Crippen LogP contribution in [0.3, 0.4) is 0 Å². The number of fused-ring (bicyclic) bond motifs is 1. The average Bonchev–Trinajstić information content (AvgIpc) is 2.90. The Balaban J connectivity index is 1.91. The van der Waals surface area contributed by atoms with Crippen LogP contribution in [0, 0.1) is 11.3 Å². The van der Waals surface area contributed by atoms with Gasteiger partial charge in [0, 0.05) is 25.3 Å². The van der Waals surface area contributed by atoms with Crippen molar-refractivity contribution in [3.63, 3.8) is 0 Å². The Morgan fingerprint density at radius 2 is 2.41 bits per heavy atom. The van der Waals surface area contributed by atoms with E-state index >= 15 is 0 Å². The Morgan fingerprint density at radius 3 is 3.14 bits per heavy atom. The Kier molecular flexibility index (Phi) is 3.73. The number of nitriles is 1. The van der Waals surface area contributed by atoms with Crippen LogP contribution >= 0.6 is 11.6 Å². The third-order valence-corrected chi connectivity index (χ3v) is 3.83. The van der Waals surface area contributed by atoms with Gasteiger partial charge in [0.1, 0.15) is 17.5 Å². The lowest BCUT2D eigenvalue weighted by Gasteiger charge is -2.31. The van der Waals surface area contributed by atoms with Gasteiger partial charge in [-0.05, 0) is 24.4 Å². The fraction of sp³-hybridized carbons (Fsp3) is 0.385. The lowest BCUT2D eigenvalue weighted by atomic mass is 10.1. The smallest absolute Gasteiger partial charge is 0.407 e. The number of carbonyl (C=O) groups is 1. The van der Waals surface area contributed by atoms with Crippen molar-refractivity contribution in [2.45, 2.75) is 18.9 Å². The fourth-order valence-electron chi connectivity index (χ4n) is 2.66. The summed E-state index contributed by atoms with van der Waals surface area (Å²) in [6.45, 7) is 0.895. The number of nitrogens with one attached hydrogen (secondary N) is 2. The van der Waals surface area contributed by atoms with Crippen LogP contribution in [0.4, 0.5) is 10.6 Å². The van der Waals surface area contributed by atoms with E-state index in [1.54, 1.807) is 6.20 Å². The highest BCUT2D eigenvalue weighted by Gasteiger charge is 2.24. The van der Waals surface area contributed by atoms with E-state index in [1.165, 1.54) is 4.90 Å². The standard InChI is InChI=1S/C13H13ClN6O2/c14-12-18-10-9(7(4-15)5-16-10)11(19-12)17-8-2-1-3-20(6-8)13(21)22/h5,8H,1-3,6H2,(H,21,22)(H2,16,17,18,19). The molecule has 0 bridgehead atoms. The summed E-state index contributed by atoms with van der Waals surface area (Å²) in [5.41, 5.74) is 0.894. The van der Waals surface area contributed by atoms with Crippen LogP contribution in [0.1, 0.15) is 18.4 Å². The van der Waals surface area contributed by atoms with E-state index < -0.39 is 6.09 Å². The zero-order chi connectivity index (χ0) is 15.7. The predicted octanol–water partition coefficient (Wildman–Crippen LogP) is 2.04. The van der Waals surface area contributed by atoms with E-state index in [9.17, 15) is 4.79 Å². The summed E-state index contributed by atoms with van der Waals surface area (Å²) in [5, 5.41) is 22.1. The van der Waals surface area contributed by atoms with Crippen LogP contribution in [-0.4, -0.2) is 50.2 Å². The highest BCUT2D eigenvalue weighted by Crippen LogP contribution is 2.26. The number of likely N-dealkylation sites (tertiary alicyclic amines) is 1. The van der Waals surface area contributed by atoms with Gasteiger partial charge in [-0.1, -0.05) is 0 Å². The maximum absolute atomic E-state index is 11.1. The maximum atomic E-state index is 11.1. The number of aromatic amines is 1. The first-order chi connectivity index (χ1) is 10.6. The molecule has 1 aliphatic heterocycles. The molecular weight excluding hydrogens is 308 g/mol. The van der Waals surface area contributed by atoms with E-state index in [4.69, 9.17) is 22.0 Å². The number of piperidine rings is 1. The summed E-state index contributed by atoms with van der Waals surface area (Å²) in [6.07, 6.45) is 2.20. The number of H-pyrrole nitrogens is 1. The van der Waals surface area contributed by atoms with Gasteiger partial charge >= 0.3 is 6.09 Å². The number of aromatic nitrogens is 3. The molecule has 1 atom stereocenters. The summed E-state index contributed by atoms with van der Waals surface area (Å²) in [7, 11) is 0. The van der Waals surface area contributed by atoms with Crippen molar-refractivity contribution < 1.29 is 9.90 Å². The average molecular weight is 321 g/mol. The van der Waals surface area contributed by atoms with Crippen molar-refractivity contribution in [2.24, 2.45) is 0 Å². The number of halogens is 1. The van der Waals surface area contributed by atoms with Gasteiger partial charge in [-0.2, -0.15) is 15.2 Å². The zero-order valence-electron chi connectivity index (χ0n) is 11.5. The highest BCUT2D eigenvalue weighted by molar-refractivity contribution is 6.28. The van der Waals surface area contributed by atoms with E-state index in [0.717, 1.165) is 12.8 Å². The molecule has 0 saturated carbocycles. The molecule has 0 radical (unpaired) electrons. The first kappa shape index (κ1) is 14.4. The van der Waals surface area contributed by atoms with Crippen LogP contribution < -0.4 is 5.32 Å². The van der Waals surface area contributed by atoms with Gasteiger partial charge in [0.05, 0.1) is 10.9 Å². The molecule has 2 aromatic heterocycles. The van der Waals surface area contributed by atoms with Gasteiger partial charge in [-0.25, -0.2) is 4.79 Å². The molecule has 2 aromatic rings. The minimum Gasteiger partial charge on any atom is -0.465 e. The molecule has 3 heterocycles. The third-order valence-electron chi connectivity index (χ3n) is 3.66. The molecule has 0 spiro atoms. The Labute approximate surface area is 130 Å². The van der Waals surface area contributed by atoms with E-state index in [-0.39, 0.29) is 11.3 Å². The maximum Gasteiger partial charge on any atom is 0.407 e. The fourth-order valence-corrected chi connectivity index (χ4v) is 2.83. The number of anilines is 1. The summed E-state index contributed by atoms with van der Waals surface area (Å²) < 4.78 is 0. The second-order valence-electron chi connectivity index (χ2n) is 5.09. The summed E-state index contributed by atoms with van der Waals surface area (Å²) in [4.78, 5) is 23.5. The van der Waals surface area contributed by atoms with Crippen molar-refractivity contribution in [3.8, 4) is 6.07 Å². The minimum absolute atomic E-state index is 0.0623. The zero-order valence-corrected chi connectivity index (χ0v) is 12.3. The van der Waals surface area contributed by atoms with Crippen molar-refractivity contribution in [1.29, 1.82) is 5.26 Å². The Bertz CT molecular complexity index is 768. The van der Waals surface area contributed by atoms with Crippen LogP contribution in [0.15, 0.2) is 6.20 Å². The summed E-state index contributed by atoms with van der Waals surface area (Å²) in [5.74, 6) is 0.449. The van der Waals surface area contributed by atoms with Crippen LogP contribution in [-0.2, 0) is 0 Å². The quantitative estimate of drug-likeness (QED) is 0.729. The third kappa shape index (κ3) is 2.63. The lowest BCUT2D eigenvalue weighted by molar-refractivity contribution is 0.133. The summed E-state index contributed by atoms with van der Waals surface area (Å²) in [6, 6.07) is 1.99. The van der Waals surface area contributed by atoms with E-state index in [2.05, 4.69) is 26.3 Å². The Hall–Kier alpha value is -2.53. The molecule has 3 rings (SSSR count). The van der Waals surface area contributed by atoms with Crippen LogP contribution in [0.2, 0.25) is 5.28 Å². The van der Waals surface area contributed by atoms with Crippen molar-refractivity contribution in [1.82, 2.24) is 19.9 Å². The molecule has 1 unspecified atom stereocenters. The van der Waals surface area contributed by atoms with Gasteiger partial charge in [-0.15, -0.1) is 0 Å². The molecule has 1 amide bonds. The molecule has 0 aliphatic carbocycles. The number of hydrogen-bond acceptors (Lipinski definition) is 5. The van der Waals surface area contributed by atoms with Gasteiger partial charge in [0.25, 0.3) is 0 Å². The second-order valence-corrected chi connectivity index (χ2v) is 5.43. The molecule has 0 aromatic carbocycles. The molecule has 9 heteroatoms. The molecule has 8 nitrogen and oxygen atoms in total. The normalized spacial score (nSPS) is 18.2. The molecule has 1 saturated heterocycles. The van der Waals surface area contributed by atoms with Crippen LogP contribution in [0.5, 0.6) is 0 Å². The number of rotatable bonds is 2. The van der Waals surface area contributed by atoms with E-state index in [1.807, 2.05) is 0 Å². The molecule has 22 heavy (non-hydrogen) atoms. The number of hydrogen-bond donors (Lipinski definition) is 3. The monoisotopic (exact) mass is 320 g/mol. The van der Waals surface area contributed by atoms with Crippen LogP contribution in [0.25, 0.3) is 11.0 Å². The summed E-state index contributed by atoms with van der Waals surface area (Å²) >= 11 is 5.90.